The molecule has 3 rings (SSSR count). The number of hydrogen-bond acceptors (Lipinski definition) is 2. The summed E-state index contributed by atoms with van der Waals surface area (Å²) in [7, 11) is 0. The predicted octanol–water partition coefficient (Wildman–Crippen LogP) is 3.33. The molecule has 0 aromatic heterocycles. The molecule has 1 saturated carbocycles. The number of ketones is 1. The van der Waals surface area contributed by atoms with E-state index >= 15 is 0 Å². The van der Waals surface area contributed by atoms with E-state index in [0.717, 1.165) is 24.2 Å². The van der Waals surface area contributed by atoms with Gasteiger partial charge in [-0.1, -0.05) is 30.3 Å². The van der Waals surface area contributed by atoms with Crippen LogP contribution in [0.2, 0.25) is 0 Å². The minimum atomic E-state index is -0.197. The van der Waals surface area contributed by atoms with Crippen LogP contribution >= 0.6 is 0 Å². The molecule has 2 aliphatic rings. The van der Waals surface area contributed by atoms with Gasteiger partial charge in [0.05, 0.1) is 6.42 Å². The zero-order valence-corrected chi connectivity index (χ0v) is 9.82. The van der Waals surface area contributed by atoms with Gasteiger partial charge in [-0.05, 0) is 25.7 Å². The zero-order chi connectivity index (χ0) is 11.7. The molecule has 0 amide bonds. The molecular weight excluding hydrogens is 212 g/mol. The summed E-state index contributed by atoms with van der Waals surface area (Å²) in [5.74, 6) is 0.959. The molecule has 0 saturated heterocycles. The van der Waals surface area contributed by atoms with Crippen molar-refractivity contribution in [1.29, 1.82) is 0 Å². The Hall–Kier alpha value is -1.57. The topological polar surface area (TPSA) is 26.3 Å². The Morgan fingerprint density at radius 2 is 1.76 bits per heavy atom. The Labute approximate surface area is 101 Å². The third-order valence-electron chi connectivity index (χ3n) is 3.69. The molecular formula is C15H16O2. The lowest BCUT2D eigenvalue weighted by molar-refractivity contribution is -0.120. The highest BCUT2D eigenvalue weighted by molar-refractivity contribution is 5.97. The van der Waals surface area contributed by atoms with Crippen molar-refractivity contribution < 1.29 is 9.53 Å². The van der Waals surface area contributed by atoms with Gasteiger partial charge < -0.3 is 4.74 Å². The lowest BCUT2D eigenvalue weighted by atomic mass is 9.91. The fraction of sp³-hybridized carbons (Fsp3) is 0.400. The van der Waals surface area contributed by atoms with Crippen molar-refractivity contribution in [3.8, 4) is 0 Å². The monoisotopic (exact) mass is 228 g/mol. The zero-order valence-electron chi connectivity index (χ0n) is 9.82. The van der Waals surface area contributed by atoms with Gasteiger partial charge in [-0.25, -0.2) is 0 Å². The van der Waals surface area contributed by atoms with E-state index < -0.39 is 0 Å². The summed E-state index contributed by atoms with van der Waals surface area (Å²) in [5, 5.41) is 0. The highest BCUT2D eigenvalue weighted by Crippen LogP contribution is 2.42. The van der Waals surface area contributed by atoms with E-state index in [9.17, 15) is 4.79 Å². The van der Waals surface area contributed by atoms with Crippen LogP contribution in [0.15, 0.2) is 36.4 Å². The minimum absolute atomic E-state index is 0.197. The number of carbonyl (C=O) groups is 1. The van der Waals surface area contributed by atoms with Gasteiger partial charge in [0, 0.05) is 11.6 Å². The second-order valence-corrected chi connectivity index (χ2v) is 5.01. The van der Waals surface area contributed by atoms with Crippen LogP contribution in [0, 0.1) is 0 Å². The van der Waals surface area contributed by atoms with Gasteiger partial charge in [-0.2, -0.15) is 0 Å². The molecule has 0 radical (unpaired) electrons. The van der Waals surface area contributed by atoms with Crippen LogP contribution in [0.5, 0.6) is 0 Å². The minimum Gasteiger partial charge on any atom is -0.486 e. The Morgan fingerprint density at radius 3 is 2.47 bits per heavy atom. The van der Waals surface area contributed by atoms with Crippen LogP contribution in [-0.4, -0.2) is 11.4 Å². The lowest BCUT2D eigenvalue weighted by Gasteiger charge is -2.34. The molecule has 1 aliphatic heterocycles. The number of rotatable bonds is 1. The fourth-order valence-corrected chi connectivity index (χ4v) is 2.86. The quantitative estimate of drug-likeness (QED) is 0.737. The standard InChI is InChI=1S/C15H16O2/c16-13-10-14(12-6-2-1-3-7-12)17-15(11-13)8-4-5-9-15/h1-3,6-7,10H,4-5,8-9,11H2. The Kier molecular flexibility index (Phi) is 2.50. The molecule has 0 unspecified atom stereocenters. The molecule has 88 valence electrons. The van der Waals surface area contributed by atoms with Gasteiger partial charge in [0.1, 0.15) is 11.4 Å². The average molecular weight is 228 g/mol. The number of hydrogen-bond donors (Lipinski definition) is 0. The maximum absolute atomic E-state index is 11.9. The van der Waals surface area contributed by atoms with Gasteiger partial charge in [-0.3, -0.25) is 4.79 Å². The summed E-state index contributed by atoms with van der Waals surface area (Å²) in [4.78, 5) is 11.9. The van der Waals surface area contributed by atoms with Crippen LogP contribution in [-0.2, 0) is 9.53 Å². The molecule has 2 nitrogen and oxygen atoms in total. The summed E-state index contributed by atoms with van der Waals surface area (Å²) in [6.07, 6.45) is 6.60. The van der Waals surface area contributed by atoms with Crippen LogP contribution in [0.25, 0.3) is 5.76 Å². The summed E-state index contributed by atoms with van der Waals surface area (Å²) < 4.78 is 6.13. The fourth-order valence-electron chi connectivity index (χ4n) is 2.86. The first-order chi connectivity index (χ1) is 8.27. The highest BCUT2D eigenvalue weighted by Gasteiger charge is 2.40. The number of carbonyl (C=O) groups excluding carboxylic acids is 1. The molecule has 1 heterocycles. The van der Waals surface area contributed by atoms with E-state index in [2.05, 4.69) is 0 Å². The SMILES string of the molecule is O=C1C=C(c2ccccc2)OC2(CCCC2)C1. The van der Waals surface area contributed by atoms with E-state index in [0.29, 0.717) is 6.42 Å². The Bertz CT molecular complexity index is 453. The van der Waals surface area contributed by atoms with Gasteiger partial charge in [0.2, 0.25) is 0 Å². The summed E-state index contributed by atoms with van der Waals surface area (Å²) in [6.45, 7) is 0. The van der Waals surface area contributed by atoms with Crippen molar-refractivity contribution in [2.24, 2.45) is 0 Å². The molecule has 1 aliphatic carbocycles. The second-order valence-electron chi connectivity index (χ2n) is 5.01. The smallest absolute Gasteiger partial charge is 0.163 e. The summed E-state index contributed by atoms with van der Waals surface area (Å²) >= 11 is 0. The molecule has 0 bridgehead atoms. The molecule has 0 atom stereocenters. The van der Waals surface area contributed by atoms with E-state index in [4.69, 9.17) is 4.74 Å². The number of allylic oxidation sites excluding steroid dienone is 1. The second kappa shape index (κ2) is 4.02. The van der Waals surface area contributed by atoms with Crippen molar-refractivity contribution in [3.63, 3.8) is 0 Å². The average Bonchev–Trinajstić information content (AvgIpc) is 2.77. The summed E-state index contributed by atoms with van der Waals surface area (Å²) in [5.41, 5.74) is 0.809. The van der Waals surface area contributed by atoms with Crippen molar-refractivity contribution in [2.75, 3.05) is 0 Å². The molecule has 17 heavy (non-hydrogen) atoms. The van der Waals surface area contributed by atoms with Gasteiger partial charge in [-0.15, -0.1) is 0 Å². The third-order valence-corrected chi connectivity index (χ3v) is 3.69. The molecule has 1 aromatic rings. The first-order valence-corrected chi connectivity index (χ1v) is 6.26. The van der Waals surface area contributed by atoms with Gasteiger partial charge in [0.15, 0.2) is 5.78 Å². The van der Waals surface area contributed by atoms with Gasteiger partial charge >= 0.3 is 0 Å². The van der Waals surface area contributed by atoms with Crippen molar-refractivity contribution in [2.45, 2.75) is 37.7 Å². The van der Waals surface area contributed by atoms with Crippen LogP contribution in [0.1, 0.15) is 37.7 Å². The van der Waals surface area contributed by atoms with Crippen molar-refractivity contribution in [1.82, 2.24) is 0 Å². The molecule has 0 N–H and O–H groups in total. The summed E-state index contributed by atoms with van der Waals surface area (Å²) in [6, 6.07) is 9.90. The van der Waals surface area contributed by atoms with Crippen LogP contribution in [0.4, 0.5) is 0 Å². The normalized spacial score (nSPS) is 22.4. The largest absolute Gasteiger partial charge is 0.486 e. The number of benzene rings is 1. The number of ether oxygens (including phenoxy) is 1. The third kappa shape index (κ3) is 1.99. The molecule has 1 fully saturated rings. The van der Waals surface area contributed by atoms with E-state index in [1.54, 1.807) is 6.08 Å². The Morgan fingerprint density at radius 1 is 1.06 bits per heavy atom. The van der Waals surface area contributed by atoms with Gasteiger partial charge in [0.25, 0.3) is 0 Å². The van der Waals surface area contributed by atoms with Crippen LogP contribution in [0.3, 0.4) is 0 Å². The Balaban J connectivity index is 1.93. The van der Waals surface area contributed by atoms with Crippen LogP contribution < -0.4 is 0 Å². The van der Waals surface area contributed by atoms with E-state index in [-0.39, 0.29) is 11.4 Å². The maximum Gasteiger partial charge on any atom is 0.163 e. The molecule has 1 spiro atoms. The van der Waals surface area contributed by atoms with E-state index in [1.807, 2.05) is 30.3 Å². The first kappa shape index (κ1) is 10.6. The predicted molar refractivity (Wildman–Crippen MR) is 66.3 cm³/mol. The first-order valence-electron chi connectivity index (χ1n) is 6.26. The van der Waals surface area contributed by atoms with E-state index in [1.165, 1.54) is 12.8 Å². The maximum atomic E-state index is 11.9. The molecule has 2 heteroatoms. The lowest BCUT2D eigenvalue weighted by Crippen LogP contribution is -2.34. The van der Waals surface area contributed by atoms with Crippen molar-refractivity contribution in [3.05, 3.63) is 42.0 Å². The highest BCUT2D eigenvalue weighted by atomic mass is 16.5. The van der Waals surface area contributed by atoms with Crippen molar-refractivity contribution >= 4 is 11.5 Å². The molecule has 1 aromatic carbocycles.